The van der Waals surface area contributed by atoms with E-state index in [2.05, 4.69) is 25.3 Å². The lowest BCUT2D eigenvalue weighted by molar-refractivity contribution is 0.146. The molecular formula is C21H16F4N6O. The Morgan fingerprint density at radius 3 is 2.41 bits per heavy atom. The quantitative estimate of drug-likeness (QED) is 0.367. The molecule has 3 aromatic heterocycles. The molecule has 32 heavy (non-hydrogen) atoms. The van der Waals surface area contributed by atoms with Crippen LogP contribution in [0.25, 0.3) is 22.2 Å². The summed E-state index contributed by atoms with van der Waals surface area (Å²) < 4.78 is 55.1. The van der Waals surface area contributed by atoms with E-state index in [1.54, 1.807) is 6.92 Å². The van der Waals surface area contributed by atoms with Crippen LogP contribution in [0.2, 0.25) is 0 Å². The average Bonchev–Trinajstić information content (AvgIpc) is 2.77. The fourth-order valence-electron chi connectivity index (χ4n) is 3.40. The van der Waals surface area contributed by atoms with Gasteiger partial charge in [0.1, 0.15) is 23.6 Å². The SMILES string of the molecule is C[C@@H](Nc1ncnc2c1cc(-c1cnc(F)nc1)c(=O)n2C)c1cccc(C(F)F)c1F. The van der Waals surface area contributed by atoms with E-state index in [0.717, 1.165) is 6.07 Å². The molecule has 0 unspecified atom stereocenters. The molecule has 0 saturated heterocycles. The van der Waals surface area contributed by atoms with Gasteiger partial charge in [0.2, 0.25) is 0 Å². The van der Waals surface area contributed by atoms with Crippen LogP contribution >= 0.6 is 0 Å². The highest BCUT2D eigenvalue weighted by Crippen LogP contribution is 2.30. The number of nitrogens with one attached hydrogen (secondary N) is 1. The maximum atomic E-state index is 14.6. The lowest BCUT2D eigenvalue weighted by Crippen LogP contribution is -2.21. The van der Waals surface area contributed by atoms with Gasteiger partial charge < -0.3 is 5.32 Å². The molecule has 0 radical (unpaired) electrons. The normalized spacial score (nSPS) is 12.3. The van der Waals surface area contributed by atoms with Crippen molar-refractivity contribution in [3.05, 3.63) is 76.4 Å². The van der Waals surface area contributed by atoms with E-state index in [1.165, 1.54) is 48.5 Å². The van der Waals surface area contributed by atoms with Crippen LogP contribution < -0.4 is 10.9 Å². The van der Waals surface area contributed by atoms with Crippen LogP contribution in [0, 0.1) is 11.9 Å². The molecule has 7 nitrogen and oxygen atoms in total. The number of halogens is 4. The molecule has 0 amide bonds. The summed E-state index contributed by atoms with van der Waals surface area (Å²) >= 11 is 0. The number of pyridine rings is 1. The zero-order valence-corrected chi connectivity index (χ0v) is 16.9. The van der Waals surface area contributed by atoms with Crippen LogP contribution in [0.3, 0.4) is 0 Å². The number of aromatic nitrogens is 5. The Morgan fingerprint density at radius 2 is 1.72 bits per heavy atom. The molecule has 3 heterocycles. The van der Waals surface area contributed by atoms with E-state index < -0.39 is 35.5 Å². The first kappa shape index (κ1) is 21.3. The first-order valence-electron chi connectivity index (χ1n) is 9.43. The van der Waals surface area contributed by atoms with E-state index in [9.17, 15) is 22.4 Å². The van der Waals surface area contributed by atoms with Gasteiger partial charge in [-0.05, 0) is 13.0 Å². The second kappa shape index (κ2) is 8.33. The Kier molecular flexibility index (Phi) is 5.56. The summed E-state index contributed by atoms with van der Waals surface area (Å²) in [5.41, 5.74) is -0.325. The third-order valence-corrected chi connectivity index (χ3v) is 5.05. The molecule has 0 aliphatic carbocycles. The monoisotopic (exact) mass is 444 g/mol. The molecule has 1 aromatic carbocycles. The number of hydrogen-bond acceptors (Lipinski definition) is 6. The van der Waals surface area contributed by atoms with Crippen molar-refractivity contribution in [1.82, 2.24) is 24.5 Å². The van der Waals surface area contributed by atoms with Gasteiger partial charge in [0.15, 0.2) is 0 Å². The number of fused-ring (bicyclic) bond motifs is 1. The standard InChI is InChI=1S/C21H16F4N6O/c1-10(12-4-3-5-13(16(12)22)17(23)24)30-18-15-6-14(11-7-26-21(25)27-8-11)20(32)31(2)19(15)29-9-28-18/h3-10,17H,1-2H3,(H,28,29,30)/t10-/m1/s1. The van der Waals surface area contributed by atoms with E-state index in [1.807, 2.05) is 0 Å². The summed E-state index contributed by atoms with van der Waals surface area (Å²) in [6, 6.07) is 4.55. The van der Waals surface area contributed by atoms with Crippen molar-refractivity contribution in [2.24, 2.45) is 7.05 Å². The van der Waals surface area contributed by atoms with Crippen LogP contribution in [-0.2, 0) is 7.05 Å². The molecule has 4 aromatic rings. The van der Waals surface area contributed by atoms with Crippen LogP contribution in [0.1, 0.15) is 30.5 Å². The molecule has 164 valence electrons. The largest absolute Gasteiger partial charge is 0.363 e. The van der Waals surface area contributed by atoms with Crippen molar-refractivity contribution in [2.75, 3.05) is 5.32 Å². The predicted molar refractivity (Wildman–Crippen MR) is 109 cm³/mol. The zero-order chi connectivity index (χ0) is 23.0. The zero-order valence-electron chi connectivity index (χ0n) is 16.9. The molecule has 0 fully saturated rings. The third-order valence-electron chi connectivity index (χ3n) is 5.05. The van der Waals surface area contributed by atoms with Crippen molar-refractivity contribution in [1.29, 1.82) is 0 Å². The Bertz CT molecular complexity index is 1360. The molecule has 0 spiro atoms. The van der Waals surface area contributed by atoms with Crippen molar-refractivity contribution < 1.29 is 17.6 Å². The van der Waals surface area contributed by atoms with Gasteiger partial charge in [-0.2, -0.15) is 4.39 Å². The predicted octanol–water partition coefficient (Wildman–Crippen LogP) is 4.17. The number of aryl methyl sites for hydroxylation is 1. The van der Waals surface area contributed by atoms with Gasteiger partial charge in [-0.3, -0.25) is 9.36 Å². The van der Waals surface area contributed by atoms with E-state index in [0.29, 0.717) is 5.39 Å². The minimum atomic E-state index is -2.95. The van der Waals surface area contributed by atoms with Crippen molar-refractivity contribution in [3.63, 3.8) is 0 Å². The minimum absolute atomic E-state index is 0.0338. The van der Waals surface area contributed by atoms with Crippen LogP contribution in [0.5, 0.6) is 0 Å². The minimum Gasteiger partial charge on any atom is -0.363 e. The lowest BCUT2D eigenvalue weighted by atomic mass is 10.0. The number of nitrogens with zero attached hydrogens (tertiary/aromatic N) is 5. The van der Waals surface area contributed by atoms with Gasteiger partial charge in [-0.15, -0.1) is 0 Å². The summed E-state index contributed by atoms with van der Waals surface area (Å²) in [6.45, 7) is 1.60. The van der Waals surface area contributed by atoms with E-state index in [4.69, 9.17) is 0 Å². The maximum absolute atomic E-state index is 14.6. The van der Waals surface area contributed by atoms with Crippen LogP contribution in [0.4, 0.5) is 23.4 Å². The van der Waals surface area contributed by atoms with Gasteiger partial charge in [0.05, 0.1) is 22.6 Å². The van der Waals surface area contributed by atoms with Crippen molar-refractivity contribution >= 4 is 16.9 Å². The topological polar surface area (TPSA) is 85.6 Å². The molecule has 11 heteroatoms. The second-order valence-electron chi connectivity index (χ2n) is 7.04. The Balaban J connectivity index is 1.81. The van der Waals surface area contributed by atoms with Gasteiger partial charge in [-0.1, -0.05) is 18.2 Å². The summed E-state index contributed by atoms with van der Waals surface area (Å²) in [5.74, 6) is -0.748. The lowest BCUT2D eigenvalue weighted by Gasteiger charge is -2.19. The highest BCUT2D eigenvalue weighted by molar-refractivity contribution is 5.90. The number of benzene rings is 1. The van der Waals surface area contributed by atoms with Gasteiger partial charge in [0.25, 0.3) is 12.0 Å². The fourth-order valence-corrected chi connectivity index (χ4v) is 3.40. The average molecular weight is 444 g/mol. The molecule has 0 aliphatic heterocycles. The second-order valence-corrected chi connectivity index (χ2v) is 7.04. The summed E-state index contributed by atoms with van der Waals surface area (Å²) in [4.78, 5) is 28.0. The summed E-state index contributed by atoms with van der Waals surface area (Å²) in [7, 11) is 1.50. The Labute approximate surface area is 178 Å². The smallest absolute Gasteiger partial charge is 0.308 e. The Morgan fingerprint density at radius 1 is 1.03 bits per heavy atom. The van der Waals surface area contributed by atoms with Gasteiger partial charge in [0, 0.05) is 30.6 Å². The first-order chi connectivity index (χ1) is 15.3. The van der Waals surface area contributed by atoms with Crippen LogP contribution in [0.15, 0.2) is 47.8 Å². The molecule has 1 atom stereocenters. The highest BCUT2D eigenvalue weighted by atomic mass is 19.3. The Hall–Kier alpha value is -3.89. The maximum Gasteiger partial charge on any atom is 0.308 e. The van der Waals surface area contributed by atoms with E-state index >= 15 is 0 Å². The van der Waals surface area contributed by atoms with Crippen molar-refractivity contribution in [3.8, 4) is 11.1 Å². The van der Waals surface area contributed by atoms with Gasteiger partial charge in [-0.25, -0.2) is 33.1 Å². The van der Waals surface area contributed by atoms with E-state index in [-0.39, 0.29) is 28.2 Å². The van der Waals surface area contributed by atoms with Crippen molar-refractivity contribution in [2.45, 2.75) is 19.4 Å². The highest BCUT2D eigenvalue weighted by Gasteiger charge is 2.21. The molecule has 0 aliphatic rings. The molecule has 0 bridgehead atoms. The number of alkyl halides is 2. The molecule has 1 N–H and O–H groups in total. The number of hydrogen-bond donors (Lipinski definition) is 1. The number of anilines is 1. The third kappa shape index (κ3) is 3.77. The molecule has 0 saturated carbocycles. The first-order valence-corrected chi connectivity index (χ1v) is 9.43. The van der Waals surface area contributed by atoms with Crippen LogP contribution in [-0.4, -0.2) is 24.5 Å². The summed E-state index contributed by atoms with van der Waals surface area (Å²) in [5, 5.41) is 3.41. The summed E-state index contributed by atoms with van der Waals surface area (Å²) in [6.07, 6.45) is -0.301. The number of rotatable bonds is 5. The molecular weight excluding hydrogens is 428 g/mol. The van der Waals surface area contributed by atoms with Gasteiger partial charge >= 0.3 is 6.08 Å². The fraction of sp³-hybridized carbons (Fsp3) is 0.190. The molecule has 4 rings (SSSR count).